The summed E-state index contributed by atoms with van der Waals surface area (Å²) in [6, 6.07) is 0. The van der Waals surface area contributed by atoms with Gasteiger partial charge in [0.15, 0.2) is 0 Å². The molecule has 0 aromatic carbocycles. The fraction of sp³-hybridized carbons (Fsp3) is 1.00. The van der Waals surface area contributed by atoms with Crippen molar-refractivity contribution in [2.45, 2.75) is 79.1 Å². The van der Waals surface area contributed by atoms with Crippen molar-refractivity contribution in [2.24, 2.45) is 0 Å². The van der Waals surface area contributed by atoms with Crippen molar-refractivity contribution in [1.29, 1.82) is 0 Å². The van der Waals surface area contributed by atoms with Crippen LogP contribution >= 0.6 is 0 Å². The SMILES string of the molecule is CC(C)(C)[O-].CC(C)(C)[O-].CC(C)(C)[O-].[In+3]. The molecule has 0 fully saturated rings. The average Bonchev–Trinajstić information content (AvgIpc) is 1.41. The first-order chi connectivity index (χ1) is 6.00. The van der Waals surface area contributed by atoms with Gasteiger partial charge in [0, 0.05) is 0 Å². The van der Waals surface area contributed by atoms with Crippen LogP contribution in [0, 0.1) is 0 Å². The van der Waals surface area contributed by atoms with Crippen LogP contribution in [-0.4, -0.2) is 42.6 Å². The summed E-state index contributed by atoms with van der Waals surface area (Å²) in [5.74, 6) is 0. The number of hydrogen-bond acceptors (Lipinski definition) is 3. The van der Waals surface area contributed by atoms with Crippen LogP contribution in [-0.2, 0) is 0 Å². The predicted molar refractivity (Wildman–Crippen MR) is 65.0 cm³/mol. The molecule has 0 radical (unpaired) electrons. The Kier molecular flexibility index (Phi) is 15.6. The van der Waals surface area contributed by atoms with E-state index in [0.29, 0.717) is 0 Å². The molecule has 16 heavy (non-hydrogen) atoms. The van der Waals surface area contributed by atoms with Crippen molar-refractivity contribution in [3.8, 4) is 0 Å². The maximum Gasteiger partial charge on any atom is 3.00 e. The Morgan fingerprint density at radius 1 is 0.438 bits per heavy atom. The zero-order valence-corrected chi connectivity index (χ0v) is 15.6. The van der Waals surface area contributed by atoms with Crippen molar-refractivity contribution in [3.63, 3.8) is 0 Å². The Labute approximate surface area is 120 Å². The van der Waals surface area contributed by atoms with Gasteiger partial charge in [-0.2, -0.15) is 0 Å². The molecular weight excluding hydrogens is 307 g/mol. The standard InChI is InChI=1S/3C4H9O.In/c3*1-4(2,3)5;/h3*1-3H3;/q3*-1;+3. The molecule has 96 valence electrons. The van der Waals surface area contributed by atoms with Gasteiger partial charge in [-0.15, -0.1) is 16.8 Å². The second kappa shape index (κ2) is 9.75. The number of rotatable bonds is 0. The summed E-state index contributed by atoms with van der Waals surface area (Å²) in [4.78, 5) is 0. The molecule has 0 saturated heterocycles. The fourth-order valence-electron chi connectivity index (χ4n) is 0. The fourth-order valence-corrected chi connectivity index (χ4v) is 0. The molecule has 0 aliphatic carbocycles. The van der Waals surface area contributed by atoms with Crippen LogP contribution in [0.1, 0.15) is 62.3 Å². The van der Waals surface area contributed by atoms with Crippen molar-refractivity contribution < 1.29 is 15.3 Å². The van der Waals surface area contributed by atoms with Crippen LogP contribution in [0.4, 0.5) is 0 Å². The Morgan fingerprint density at radius 2 is 0.438 bits per heavy atom. The van der Waals surface area contributed by atoms with E-state index in [4.69, 9.17) is 0 Å². The molecule has 0 spiro atoms. The Hall–Kier alpha value is 0.750. The van der Waals surface area contributed by atoms with Gasteiger partial charge in [0.2, 0.25) is 0 Å². The molecule has 0 heterocycles. The van der Waals surface area contributed by atoms with Gasteiger partial charge in [0.25, 0.3) is 0 Å². The molecule has 0 unspecified atom stereocenters. The van der Waals surface area contributed by atoms with E-state index < -0.39 is 16.8 Å². The molecule has 0 bridgehead atoms. The first-order valence-corrected chi connectivity index (χ1v) is 5.11. The first-order valence-electron chi connectivity index (χ1n) is 5.11. The minimum atomic E-state index is -0.750. The molecule has 3 nitrogen and oxygen atoms in total. The summed E-state index contributed by atoms with van der Waals surface area (Å²) in [6.07, 6.45) is 0. The van der Waals surface area contributed by atoms with Gasteiger partial charge in [0.1, 0.15) is 0 Å². The molecule has 0 N–H and O–H groups in total. The van der Waals surface area contributed by atoms with Crippen LogP contribution in [0.15, 0.2) is 0 Å². The van der Waals surface area contributed by atoms with Crippen molar-refractivity contribution >= 4 is 25.8 Å². The molecule has 0 aromatic heterocycles. The molecular formula is C12H27InO3. The van der Waals surface area contributed by atoms with Crippen molar-refractivity contribution in [3.05, 3.63) is 0 Å². The topological polar surface area (TPSA) is 69.2 Å². The molecule has 0 aromatic rings. The van der Waals surface area contributed by atoms with Gasteiger partial charge in [-0.3, -0.25) is 0 Å². The number of hydrogen-bond donors (Lipinski definition) is 0. The van der Waals surface area contributed by atoms with Crippen molar-refractivity contribution in [2.75, 3.05) is 0 Å². The molecule has 0 aliphatic heterocycles. The molecule has 0 amide bonds. The third kappa shape index (κ3) is 4960. The van der Waals surface area contributed by atoms with Crippen LogP contribution in [0.3, 0.4) is 0 Å². The summed E-state index contributed by atoms with van der Waals surface area (Å²) in [6.45, 7) is 14.7. The van der Waals surface area contributed by atoms with Gasteiger partial charge in [-0.05, 0) is 0 Å². The summed E-state index contributed by atoms with van der Waals surface area (Å²) >= 11 is 0. The average molecular weight is 334 g/mol. The summed E-state index contributed by atoms with van der Waals surface area (Å²) in [7, 11) is 0. The van der Waals surface area contributed by atoms with E-state index in [1.54, 1.807) is 62.3 Å². The molecule has 0 saturated carbocycles. The minimum Gasteiger partial charge on any atom is -0.850 e. The van der Waals surface area contributed by atoms with Gasteiger partial charge < -0.3 is 15.3 Å². The third-order valence-electron chi connectivity index (χ3n) is 0. The second-order valence-electron chi connectivity index (χ2n) is 6.34. The Bertz CT molecular complexity index is 91.3. The zero-order valence-electron chi connectivity index (χ0n) is 12.3. The maximum atomic E-state index is 10.1. The van der Waals surface area contributed by atoms with E-state index in [1.165, 1.54) is 0 Å². The monoisotopic (exact) mass is 334 g/mol. The van der Waals surface area contributed by atoms with Crippen LogP contribution < -0.4 is 15.3 Å². The van der Waals surface area contributed by atoms with Gasteiger partial charge >= 0.3 is 25.8 Å². The van der Waals surface area contributed by atoms with Crippen LogP contribution in [0.5, 0.6) is 0 Å². The normalized spacial score (nSPS) is 11.2. The molecule has 4 heteroatoms. The quantitative estimate of drug-likeness (QED) is 0.629. The summed E-state index contributed by atoms with van der Waals surface area (Å²) in [5, 5.41) is 30.3. The maximum absolute atomic E-state index is 10.1. The molecule has 0 atom stereocenters. The van der Waals surface area contributed by atoms with E-state index >= 15 is 0 Å². The first kappa shape index (κ1) is 25.6. The summed E-state index contributed by atoms with van der Waals surface area (Å²) in [5.41, 5.74) is -2.25. The van der Waals surface area contributed by atoms with E-state index in [-0.39, 0.29) is 25.8 Å². The van der Waals surface area contributed by atoms with E-state index in [0.717, 1.165) is 0 Å². The zero-order chi connectivity index (χ0) is 13.5. The van der Waals surface area contributed by atoms with Crippen LogP contribution in [0.2, 0.25) is 0 Å². The van der Waals surface area contributed by atoms with Gasteiger partial charge in [-0.25, -0.2) is 0 Å². The van der Waals surface area contributed by atoms with Gasteiger partial charge in [0.05, 0.1) is 0 Å². The molecule has 0 rings (SSSR count). The van der Waals surface area contributed by atoms with E-state index in [2.05, 4.69) is 0 Å². The predicted octanol–water partition coefficient (Wildman–Crippen LogP) is 0.0548. The minimum absolute atomic E-state index is 0. The van der Waals surface area contributed by atoms with Gasteiger partial charge in [-0.1, -0.05) is 62.3 Å². The Morgan fingerprint density at radius 3 is 0.438 bits per heavy atom. The smallest absolute Gasteiger partial charge is 0.850 e. The Balaban J connectivity index is -0.0000000655. The van der Waals surface area contributed by atoms with E-state index in [9.17, 15) is 15.3 Å². The van der Waals surface area contributed by atoms with E-state index in [1.807, 2.05) is 0 Å². The van der Waals surface area contributed by atoms with Crippen LogP contribution in [0.25, 0.3) is 0 Å². The third-order valence-corrected chi connectivity index (χ3v) is 0. The summed E-state index contributed by atoms with van der Waals surface area (Å²) < 4.78 is 0. The molecule has 0 aliphatic rings. The van der Waals surface area contributed by atoms with Crippen molar-refractivity contribution in [1.82, 2.24) is 0 Å². The second-order valence-corrected chi connectivity index (χ2v) is 6.34. The largest absolute Gasteiger partial charge is 3.00 e.